The molecule has 0 bridgehead atoms. The number of nitrogens with zero attached hydrogens (tertiary/aromatic N) is 5. The van der Waals surface area contributed by atoms with Crippen LogP contribution in [0.4, 0.5) is 4.39 Å². The quantitative estimate of drug-likeness (QED) is 0.661. The number of hydrogen-bond acceptors (Lipinski definition) is 5. The fourth-order valence-corrected chi connectivity index (χ4v) is 3.75. The molecule has 0 N–H and O–H groups in total. The highest BCUT2D eigenvalue weighted by Crippen LogP contribution is 2.24. The first kappa shape index (κ1) is 17.9. The number of aryl methyl sites for hydroxylation is 2. The van der Waals surface area contributed by atoms with E-state index in [1.807, 2.05) is 19.3 Å². The minimum Gasteiger partial charge on any atom is -0.419 e. The predicted octanol–water partition coefficient (Wildman–Crippen LogP) is 3.83. The molecule has 142 valence electrons. The molecule has 6 nitrogen and oxygen atoms in total. The van der Waals surface area contributed by atoms with Gasteiger partial charge in [0.05, 0.1) is 6.54 Å². The van der Waals surface area contributed by atoms with Gasteiger partial charge in [0.25, 0.3) is 0 Å². The molecule has 3 aromatic rings. The van der Waals surface area contributed by atoms with Gasteiger partial charge in [-0.05, 0) is 50.9 Å². The van der Waals surface area contributed by atoms with E-state index in [-0.39, 0.29) is 5.82 Å². The SMILES string of the molecule is Cc1nccn1CC[C@H]1CCCCN1Cc1nnc(-c2cccc(F)c2)o1. The van der Waals surface area contributed by atoms with Crippen LogP contribution in [0.2, 0.25) is 0 Å². The molecule has 0 unspecified atom stereocenters. The lowest BCUT2D eigenvalue weighted by Gasteiger charge is -2.34. The van der Waals surface area contributed by atoms with Crippen molar-refractivity contribution >= 4 is 0 Å². The van der Waals surface area contributed by atoms with Gasteiger partial charge in [-0.1, -0.05) is 12.5 Å². The Balaban J connectivity index is 1.41. The summed E-state index contributed by atoms with van der Waals surface area (Å²) in [6.45, 7) is 4.66. The van der Waals surface area contributed by atoms with E-state index in [9.17, 15) is 4.39 Å². The zero-order chi connectivity index (χ0) is 18.6. The highest BCUT2D eigenvalue weighted by Gasteiger charge is 2.24. The highest BCUT2D eigenvalue weighted by molar-refractivity contribution is 5.52. The molecule has 7 heteroatoms. The summed E-state index contributed by atoms with van der Waals surface area (Å²) in [5.41, 5.74) is 0.611. The molecular formula is C20H24FN5O. The summed E-state index contributed by atoms with van der Waals surface area (Å²) in [6, 6.07) is 6.73. The molecule has 1 aromatic carbocycles. The van der Waals surface area contributed by atoms with E-state index in [0.717, 1.165) is 25.3 Å². The summed E-state index contributed by atoms with van der Waals surface area (Å²) >= 11 is 0. The summed E-state index contributed by atoms with van der Waals surface area (Å²) in [5.74, 6) is 1.69. The first-order valence-corrected chi connectivity index (χ1v) is 9.49. The number of piperidine rings is 1. The average molecular weight is 369 g/mol. The van der Waals surface area contributed by atoms with E-state index in [1.54, 1.807) is 12.1 Å². The van der Waals surface area contributed by atoms with E-state index >= 15 is 0 Å². The molecule has 0 aliphatic carbocycles. The van der Waals surface area contributed by atoms with Crippen LogP contribution in [0.3, 0.4) is 0 Å². The molecule has 1 saturated heterocycles. The van der Waals surface area contributed by atoms with Crippen molar-refractivity contribution in [3.8, 4) is 11.5 Å². The van der Waals surface area contributed by atoms with E-state index in [4.69, 9.17) is 4.42 Å². The molecule has 1 atom stereocenters. The Bertz CT molecular complexity index is 890. The maximum Gasteiger partial charge on any atom is 0.247 e. The molecule has 2 aromatic heterocycles. The number of imidazole rings is 1. The molecule has 27 heavy (non-hydrogen) atoms. The van der Waals surface area contributed by atoms with Crippen molar-refractivity contribution in [1.29, 1.82) is 0 Å². The van der Waals surface area contributed by atoms with Gasteiger partial charge in [0.2, 0.25) is 11.8 Å². The van der Waals surface area contributed by atoms with Crippen molar-refractivity contribution in [1.82, 2.24) is 24.6 Å². The van der Waals surface area contributed by atoms with E-state index < -0.39 is 0 Å². The maximum absolute atomic E-state index is 13.4. The van der Waals surface area contributed by atoms with Gasteiger partial charge in [-0.2, -0.15) is 0 Å². The normalized spacial score (nSPS) is 18.1. The van der Waals surface area contributed by atoms with Crippen LogP contribution in [0.25, 0.3) is 11.5 Å². The summed E-state index contributed by atoms with van der Waals surface area (Å²) < 4.78 is 21.4. The third-order valence-corrected chi connectivity index (χ3v) is 5.25. The first-order chi connectivity index (χ1) is 13.2. The summed E-state index contributed by atoms with van der Waals surface area (Å²) in [4.78, 5) is 6.72. The van der Waals surface area contributed by atoms with Crippen LogP contribution in [0.5, 0.6) is 0 Å². The summed E-state index contributed by atoms with van der Waals surface area (Å²) in [7, 11) is 0. The number of halogens is 1. The zero-order valence-electron chi connectivity index (χ0n) is 15.5. The van der Waals surface area contributed by atoms with Gasteiger partial charge in [0.1, 0.15) is 11.6 Å². The van der Waals surface area contributed by atoms with Gasteiger partial charge in [0.15, 0.2) is 0 Å². The molecule has 0 saturated carbocycles. The second-order valence-electron chi connectivity index (χ2n) is 7.09. The van der Waals surface area contributed by atoms with Crippen LogP contribution in [0.15, 0.2) is 41.1 Å². The fourth-order valence-electron chi connectivity index (χ4n) is 3.75. The topological polar surface area (TPSA) is 60.0 Å². The number of likely N-dealkylation sites (tertiary alicyclic amines) is 1. The van der Waals surface area contributed by atoms with Gasteiger partial charge in [0, 0.05) is 30.5 Å². The molecular weight excluding hydrogens is 345 g/mol. The second kappa shape index (κ2) is 8.00. The van der Waals surface area contributed by atoms with E-state index in [2.05, 4.69) is 24.6 Å². The lowest BCUT2D eigenvalue weighted by molar-refractivity contribution is 0.117. The molecule has 0 amide bonds. The summed E-state index contributed by atoms with van der Waals surface area (Å²) in [6.07, 6.45) is 8.57. The number of hydrogen-bond donors (Lipinski definition) is 0. The lowest BCUT2D eigenvalue weighted by Crippen LogP contribution is -2.39. The molecule has 4 rings (SSSR count). The standard InChI is InChI=1S/C20H24FN5O/c1-15-22-9-12-25(15)11-8-18-7-2-3-10-26(18)14-19-23-24-20(27-19)16-5-4-6-17(21)13-16/h4-6,9,12-13,18H,2-3,7-8,10-11,14H2,1H3/t18-/m1/s1. The fraction of sp³-hybridized carbons (Fsp3) is 0.450. The molecule has 0 spiro atoms. The van der Waals surface area contributed by atoms with Gasteiger partial charge in [-0.3, -0.25) is 4.90 Å². The molecule has 1 aliphatic heterocycles. The largest absolute Gasteiger partial charge is 0.419 e. The minimum atomic E-state index is -0.307. The highest BCUT2D eigenvalue weighted by atomic mass is 19.1. The van der Waals surface area contributed by atoms with Crippen LogP contribution in [0.1, 0.15) is 37.4 Å². The van der Waals surface area contributed by atoms with Crippen LogP contribution in [0, 0.1) is 12.7 Å². The van der Waals surface area contributed by atoms with Crippen molar-refractivity contribution in [2.45, 2.75) is 51.7 Å². The smallest absolute Gasteiger partial charge is 0.247 e. The average Bonchev–Trinajstić information content (AvgIpc) is 3.30. The van der Waals surface area contributed by atoms with Crippen LogP contribution < -0.4 is 0 Å². The first-order valence-electron chi connectivity index (χ1n) is 9.49. The van der Waals surface area contributed by atoms with Gasteiger partial charge < -0.3 is 8.98 Å². The van der Waals surface area contributed by atoms with Crippen molar-refractivity contribution < 1.29 is 8.81 Å². The Morgan fingerprint density at radius 1 is 1.26 bits per heavy atom. The molecule has 0 radical (unpaired) electrons. The predicted molar refractivity (Wildman–Crippen MR) is 99.3 cm³/mol. The molecule has 3 heterocycles. The second-order valence-corrected chi connectivity index (χ2v) is 7.09. The Morgan fingerprint density at radius 3 is 3.00 bits per heavy atom. The third-order valence-electron chi connectivity index (χ3n) is 5.25. The number of rotatable bonds is 6. The molecule has 1 fully saturated rings. The van der Waals surface area contributed by atoms with Gasteiger partial charge >= 0.3 is 0 Å². The molecule has 1 aliphatic rings. The van der Waals surface area contributed by atoms with Crippen LogP contribution in [-0.4, -0.2) is 37.2 Å². The Labute approximate surface area is 158 Å². The summed E-state index contributed by atoms with van der Waals surface area (Å²) in [5, 5.41) is 8.27. The van der Waals surface area contributed by atoms with Gasteiger partial charge in [-0.25, -0.2) is 9.37 Å². The van der Waals surface area contributed by atoms with Crippen LogP contribution in [-0.2, 0) is 13.1 Å². The Kier molecular flexibility index (Phi) is 5.29. The number of benzene rings is 1. The van der Waals surface area contributed by atoms with Crippen molar-refractivity contribution in [2.75, 3.05) is 6.54 Å². The zero-order valence-corrected chi connectivity index (χ0v) is 15.5. The number of aromatic nitrogens is 4. The van der Waals surface area contributed by atoms with Crippen molar-refractivity contribution in [2.24, 2.45) is 0 Å². The Morgan fingerprint density at radius 2 is 2.19 bits per heavy atom. The van der Waals surface area contributed by atoms with E-state index in [1.165, 1.54) is 31.4 Å². The van der Waals surface area contributed by atoms with Gasteiger partial charge in [-0.15, -0.1) is 10.2 Å². The lowest BCUT2D eigenvalue weighted by atomic mass is 9.99. The Hall–Kier alpha value is -2.54. The minimum absolute atomic E-state index is 0.307. The monoisotopic (exact) mass is 369 g/mol. The third kappa shape index (κ3) is 4.24. The maximum atomic E-state index is 13.4. The van der Waals surface area contributed by atoms with Crippen LogP contribution >= 0.6 is 0 Å². The van der Waals surface area contributed by atoms with Crippen molar-refractivity contribution in [3.63, 3.8) is 0 Å². The van der Waals surface area contributed by atoms with E-state index in [0.29, 0.717) is 29.9 Å². The van der Waals surface area contributed by atoms with Crippen molar-refractivity contribution in [3.05, 3.63) is 54.2 Å².